The normalized spacial score (nSPS) is 14.5. The van der Waals surface area contributed by atoms with Crippen molar-refractivity contribution in [2.24, 2.45) is 0 Å². The van der Waals surface area contributed by atoms with E-state index < -0.39 is 0 Å². The van der Waals surface area contributed by atoms with E-state index in [-0.39, 0.29) is 0 Å². The first kappa shape index (κ1) is 14.6. The number of halogens is 1. The van der Waals surface area contributed by atoms with Crippen molar-refractivity contribution < 1.29 is 4.74 Å². The van der Waals surface area contributed by atoms with Crippen LogP contribution in [-0.4, -0.2) is 24.8 Å². The molecule has 4 heteroatoms. The summed E-state index contributed by atoms with van der Waals surface area (Å²) in [6.07, 6.45) is 1.08. The molecule has 2 heterocycles. The van der Waals surface area contributed by atoms with Crippen LogP contribution < -0.4 is 10.1 Å². The molecule has 1 aliphatic heterocycles. The third-order valence-corrected chi connectivity index (χ3v) is 4.86. The Morgan fingerprint density at radius 2 is 2.00 bits per heavy atom. The van der Waals surface area contributed by atoms with E-state index in [1.165, 1.54) is 16.6 Å². The number of ether oxygens (including phenoxy) is 1. The van der Waals surface area contributed by atoms with Gasteiger partial charge in [0.05, 0.1) is 12.1 Å². The van der Waals surface area contributed by atoms with Crippen LogP contribution in [0.15, 0.2) is 42.5 Å². The van der Waals surface area contributed by atoms with Gasteiger partial charge in [-0.1, -0.05) is 17.7 Å². The lowest BCUT2D eigenvalue weighted by atomic mass is 10.0. The number of nitrogens with zero attached hydrogens (tertiary/aromatic N) is 1. The highest BCUT2D eigenvalue weighted by Crippen LogP contribution is 2.33. The Morgan fingerprint density at radius 3 is 2.83 bits per heavy atom. The van der Waals surface area contributed by atoms with E-state index in [2.05, 4.69) is 34.1 Å². The molecule has 118 valence electrons. The monoisotopic (exact) mass is 326 g/mol. The maximum Gasteiger partial charge on any atom is 0.120 e. The van der Waals surface area contributed by atoms with Crippen LogP contribution in [0, 0.1) is 0 Å². The van der Waals surface area contributed by atoms with Crippen molar-refractivity contribution in [2.45, 2.75) is 13.0 Å². The summed E-state index contributed by atoms with van der Waals surface area (Å²) in [7, 11) is 1.65. The Morgan fingerprint density at radius 1 is 1.09 bits per heavy atom. The number of hydrogen-bond acceptors (Lipinski definition) is 2. The zero-order valence-electron chi connectivity index (χ0n) is 13.1. The number of aromatic nitrogens is 1. The number of fused-ring (bicyclic) bond motifs is 3. The van der Waals surface area contributed by atoms with E-state index in [9.17, 15) is 0 Å². The van der Waals surface area contributed by atoms with Crippen LogP contribution in [0.4, 0.5) is 0 Å². The second-order valence-electron chi connectivity index (χ2n) is 5.91. The standard InChI is InChI=1S/C19H19ClN2O/c1-23-16-3-4-17(18(20)12-16)13-2-5-19-14(10-13)11-15-6-7-21-8-9-22(15)19/h2-5,10-12,21H,6-9H2,1H3. The molecule has 2 aromatic carbocycles. The molecule has 1 aliphatic rings. The molecule has 3 aromatic rings. The largest absolute Gasteiger partial charge is 0.497 e. The van der Waals surface area contributed by atoms with Crippen molar-refractivity contribution in [3.05, 3.63) is 53.2 Å². The maximum atomic E-state index is 6.42. The Labute approximate surface area is 140 Å². The Bertz CT molecular complexity index is 869. The van der Waals surface area contributed by atoms with Gasteiger partial charge >= 0.3 is 0 Å². The highest BCUT2D eigenvalue weighted by Gasteiger charge is 2.13. The molecule has 0 fully saturated rings. The molecule has 0 bridgehead atoms. The zero-order valence-corrected chi connectivity index (χ0v) is 13.9. The molecule has 0 amide bonds. The molecular weight excluding hydrogens is 308 g/mol. The molecule has 0 saturated carbocycles. The average Bonchev–Trinajstić information content (AvgIpc) is 2.75. The lowest BCUT2D eigenvalue weighted by Gasteiger charge is -2.09. The molecule has 1 N–H and O–H groups in total. The third kappa shape index (κ3) is 2.60. The van der Waals surface area contributed by atoms with E-state index in [4.69, 9.17) is 16.3 Å². The van der Waals surface area contributed by atoms with Gasteiger partial charge in [0.15, 0.2) is 0 Å². The van der Waals surface area contributed by atoms with Crippen molar-refractivity contribution >= 4 is 22.5 Å². The third-order valence-electron chi connectivity index (χ3n) is 4.54. The molecule has 3 nitrogen and oxygen atoms in total. The number of rotatable bonds is 2. The SMILES string of the molecule is COc1ccc(-c2ccc3c(c2)cc2n3CCNCC2)c(Cl)c1. The van der Waals surface area contributed by atoms with Gasteiger partial charge in [-0.3, -0.25) is 0 Å². The molecule has 0 unspecified atom stereocenters. The minimum atomic E-state index is 0.716. The smallest absolute Gasteiger partial charge is 0.120 e. The fourth-order valence-electron chi connectivity index (χ4n) is 3.36. The fourth-order valence-corrected chi connectivity index (χ4v) is 3.64. The van der Waals surface area contributed by atoms with Crippen molar-refractivity contribution in [3.8, 4) is 16.9 Å². The molecule has 0 radical (unpaired) electrons. The molecule has 0 aliphatic carbocycles. The Balaban J connectivity index is 1.80. The van der Waals surface area contributed by atoms with Crippen molar-refractivity contribution in [1.82, 2.24) is 9.88 Å². The summed E-state index contributed by atoms with van der Waals surface area (Å²) in [5.41, 5.74) is 4.89. The van der Waals surface area contributed by atoms with Gasteiger partial charge in [0.25, 0.3) is 0 Å². The average molecular weight is 327 g/mol. The number of nitrogens with one attached hydrogen (secondary N) is 1. The first-order valence-electron chi connectivity index (χ1n) is 7.93. The second kappa shape index (κ2) is 5.91. The van der Waals surface area contributed by atoms with Gasteiger partial charge in [0, 0.05) is 48.2 Å². The summed E-state index contributed by atoms with van der Waals surface area (Å²) in [4.78, 5) is 0. The van der Waals surface area contributed by atoms with Gasteiger partial charge in [-0.15, -0.1) is 0 Å². The molecule has 23 heavy (non-hydrogen) atoms. The Kier molecular flexibility index (Phi) is 3.76. The van der Waals surface area contributed by atoms with Crippen LogP contribution in [0.5, 0.6) is 5.75 Å². The van der Waals surface area contributed by atoms with Gasteiger partial charge in [-0.2, -0.15) is 0 Å². The molecule has 0 saturated heterocycles. The minimum absolute atomic E-state index is 0.716. The van der Waals surface area contributed by atoms with Crippen molar-refractivity contribution in [1.29, 1.82) is 0 Å². The van der Waals surface area contributed by atoms with Crippen LogP contribution in [0.1, 0.15) is 5.69 Å². The van der Waals surface area contributed by atoms with Gasteiger partial charge in [0.2, 0.25) is 0 Å². The summed E-state index contributed by atoms with van der Waals surface area (Å²) in [6.45, 7) is 3.11. The van der Waals surface area contributed by atoms with Crippen LogP contribution in [-0.2, 0) is 13.0 Å². The molecular formula is C19H19ClN2O. The highest BCUT2D eigenvalue weighted by molar-refractivity contribution is 6.33. The van der Waals surface area contributed by atoms with Crippen LogP contribution in [0.25, 0.3) is 22.0 Å². The summed E-state index contributed by atoms with van der Waals surface area (Å²) in [5.74, 6) is 0.780. The summed E-state index contributed by atoms with van der Waals surface area (Å²) in [5, 5.41) is 5.45. The van der Waals surface area contributed by atoms with Crippen LogP contribution in [0.3, 0.4) is 0 Å². The summed E-state index contributed by atoms with van der Waals surface area (Å²) >= 11 is 6.42. The molecule has 1 aromatic heterocycles. The lowest BCUT2D eigenvalue weighted by Crippen LogP contribution is -2.17. The molecule has 0 atom stereocenters. The van der Waals surface area contributed by atoms with Gasteiger partial charge in [-0.05, 0) is 42.0 Å². The van der Waals surface area contributed by atoms with E-state index in [1.54, 1.807) is 7.11 Å². The van der Waals surface area contributed by atoms with E-state index in [0.29, 0.717) is 5.02 Å². The molecule has 0 spiro atoms. The van der Waals surface area contributed by atoms with E-state index in [0.717, 1.165) is 42.9 Å². The van der Waals surface area contributed by atoms with E-state index >= 15 is 0 Å². The van der Waals surface area contributed by atoms with Gasteiger partial charge in [0.1, 0.15) is 5.75 Å². The lowest BCUT2D eigenvalue weighted by molar-refractivity contribution is 0.415. The second-order valence-corrected chi connectivity index (χ2v) is 6.31. The van der Waals surface area contributed by atoms with Crippen LogP contribution >= 0.6 is 11.6 Å². The first-order valence-corrected chi connectivity index (χ1v) is 8.31. The van der Waals surface area contributed by atoms with Gasteiger partial charge < -0.3 is 14.6 Å². The van der Waals surface area contributed by atoms with Crippen LogP contribution in [0.2, 0.25) is 5.02 Å². The number of methoxy groups -OCH3 is 1. The van der Waals surface area contributed by atoms with E-state index in [1.807, 2.05) is 18.2 Å². The van der Waals surface area contributed by atoms with Gasteiger partial charge in [-0.25, -0.2) is 0 Å². The highest BCUT2D eigenvalue weighted by atomic mass is 35.5. The quantitative estimate of drug-likeness (QED) is 0.767. The zero-order chi connectivity index (χ0) is 15.8. The predicted molar refractivity (Wildman–Crippen MR) is 95.5 cm³/mol. The molecule has 4 rings (SSSR count). The minimum Gasteiger partial charge on any atom is -0.497 e. The number of hydrogen-bond donors (Lipinski definition) is 1. The van der Waals surface area contributed by atoms with Crippen molar-refractivity contribution in [2.75, 3.05) is 20.2 Å². The topological polar surface area (TPSA) is 26.2 Å². The van der Waals surface area contributed by atoms with Crippen molar-refractivity contribution in [3.63, 3.8) is 0 Å². The predicted octanol–water partition coefficient (Wildman–Crippen LogP) is 4.12. The summed E-state index contributed by atoms with van der Waals surface area (Å²) < 4.78 is 7.65. The summed E-state index contributed by atoms with van der Waals surface area (Å²) in [6, 6.07) is 14.7. The Hall–Kier alpha value is -1.97. The fraction of sp³-hybridized carbons (Fsp3) is 0.263. The maximum absolute atomic E-state index is 6.42. The first-order chi connectivity index (χ1) is 11.3. The number of benzene rings is 2.